The number of fused-ring (bicyclic) bond motifs is 2. The number of likely N-dealkylation sites (tertiary alicyclic amines) is 1. The maximum absolute atomic E-state index is 12.8. The van der Waals surface area contributed by atoms with Gasteiger partial charge in [0.25, 0.3) is 0 Å². The van der Waals surface area contributed by atoms with Crippen LogP contribution in [0, 0.1) is 32.6 Å². The molecule has 0 radical (unpaired) electrons. The van der Waals surface area contributed by atoms with Crippen molar-refractivity contribution in [2.24, 2.45) is 11.8 Å². The van der Waals surface area contributed by atoms with Gasteiger partial charge in [-0.2, -0.15) is 0 Å². The Hall–Kier alpha value is -1.14. The summed E-state index contributed by atoms with van der Waals surface area (Å²) in [6, 6.07) is 0. The number of hydrogen-bond donors (Lipinski definition) is 0. The summed E-state index contributed by atoms with van der Waals surface area (Å²) in [5.41, 5.74) is 1.25. The summed E-state index contributed by atoms with van der Waals surface area (Å²) in [6.45, 7) is 8.11. The van der Waals surface area contributed by atoms with Crippen LogP contribution in [0.5, 0.6) is 0 Å². The number of amides is 1. The Morgan fingerprint density at radius 1 is 1.15 bits per heavy atom. The van der Waals surface area contributed by atoms with Crippen LogP contribution in [-0.2, 0) is 4.79 Å². The molecule has 1 aliphatic carbocycles. The van der Waals surface area contributed by atoms with Gasteiger partial charge in [0.15, 0.2) is 0 Å². The Morgan fingerprint density at radius 3 is 2.73 bits per heavy atom. The lowest BCUT2D eigenvalue weighted by Crippen LogP contribution is -2.45. The molecule has 2 atom stereocenters. The lowest BCUT2D eigenvalue weighted by Gasteiger charge is -2.41. The molecule has 2 aromatic heterocycles. The second-order valence-corrected chi connectivity index (χ2v) is 9.93. The minimum absolute atomic E-state index is 0.271. The van der Waals surface area contributed by atoms with E-state index in [4.69, 9.17) is 0 Å². The van der Waals surface area contributed by atoms with Crippen LogP contribution >= 0.6 is 23.1 Å². The van der Waals surface area contributed by atoms with Crippen molar-refractivity contribution in [2.45, 2.75) is 57.9 Å². The predicted octanol–water partition coefficient (Wildman–Crippen LogP) is 4.75. The Kier molecular flexibility index (Phi) is 5.24. The van der Waals surface area contributed by atoms with E-state index in [1.165, 1.54) is 42.5 Å². The van der Waals surface area contributed by atoms with Crippen molar-refractivity contribution in [3.63, 3.8) is 0 Å². The Balaban J connectivity index is 1.45. The van der Waals surface area contributed by atoms with Gasteiger partial charge in [0.1, 0.15) is 15.7 Å². The molecule has 1 aliphatic heterocycles. The van der Waals surface area contributed by atoms with Gasteiger partial charge in [-0.05, 0) is 51.0 Å². The standard InChI is InChI=1S/C20H27N3OS2/c1-12-13(2)26-20-18(12)19(21-14(3)22-20)25-11-17(24)23-9-8-15-6-4-5-7-16(15)10-23/h15-16H,4-11H2,1-3H3/t15-,16-/m1/s1. The number of aromatic nitrogens is 2. The third-order valence-electron chi connectivity index (χ3n) is 6.08. The topological polar surface area (TPSA) is 46.1 Å². The van der Waals surface area contributed by atoms with Crippen LogP contribution in [0.15, 0.2) is 5.03 Å². The van der Waals surface area contributed by atoms with E-state index in [-0.39, 0.29) is 5.91 Å². The monoisotopic (exact) mass is 389 g/mol. The van der Waals surface area contributed by atoms with Gasteiger partial charge in [-0.3, -0.25) is 4.79 Å². The van der Waals surface area contributed by atoms with Crippen molar-refractivity contribution in [3.05, 3.63) is 16.3 Å². The molecule has 140 valence electrons. The third kappa shape index (κ3) is 3.50. The molecule has 6 heteroatoms. The van der Waals surface area contributed by atoms with E-state index in [0.717, 1.165) is 46.0 Å². The van der Waals surface area contributed by atoms with Gasteiger partial charge in [0.2, 0.25) is 5.91 Å². The van der Waals surface area contributed by atoms with Crippen LogP contribution in [0.3, 0.4) is 0 Å². The Labute approximate surface area is 163 Å². The van der Waals surface area contributed by atoms with Crippen molar-refractivity contribution in [1.29, 1.82) is 0 Å². The van der Waals surface area contributed by atoms with Crippen LogP contribution in [0.4, 0.5) is 0 Å². The molecule has 3 heterocycles. The summed E-state index contributed by atoms with van der Waals surface area (Å²) in [7, 11) is 0. The number of thiophene rings is 1. The van der Waals surface area contributed by atoms with E-state index in [1.54, 1.807) is 23.1 Å². The van der Waals surface area contributed by atoms with Gasteiger partial charge in [-0.25, -0.2) is 9.97 Å². The minimum atomic E-state index is 0.271. The third-order valence-corrected chi connectivity index (χ3v) is 8.14. The highest BCUT2D eigenvalue weighted by atomic mass is 32.2. The lowest BCUT2D eigenvalue weighted by atomic mass is 9.75. The molecule has 0 bridgehead atoms. The van der Waals surface area contributed by atoms with Crippen LogP contribution < -0.4 is 0 Å². The van der Waals surface area contributed by atoms with Gasteiger partial charge in [0, 0.05) is 23.4 Å². The summed E-state index contributed by atoms with van der Waals surface area (Å²) in [6.07, 6.45) is 6.60. The molecule has 4 nitrogen and oxygen atoms in total. The number of aryl methyl sites for hydroxylation is 3. The van der Waals surface area contributed by atoms with Crippen molar-refractivity contribution in [3.8, 4) is 0 Å². The van der Waals surface area contributed by atoms with Gasteiger partial charge in [-0.1, -0.05) is 31.0 Å². The fourth-order valence-electron chi connectivity index (χ4n) is 4.47. The molecule has 0 spiro atoms. The molecule has 4 rings (SSSR count). The van der Waals surface area contributed by atoms with Crippen LogP contribution in [-0.4, -0.2) is 39.6 Å². The van der Waals surface area contributed by atoms with Gasteiger partial charge in [0.05, 0.1) is 5.75 Å². The lowest BCUT2D eigenvalue weighted by molar-refractivity contribution is -0.131. The summed E-state index contributed by atoms with van der Waals surface area (Å²) in [4.78, 5) is 26.5. The highest BCUT2D eigenvalue weighted by Gasteiger charge is 2.32. The molecular formula is C20H27N3OS2. The average molecular weight is 390 g/mol. The second kappa shape index (κ2) is 7.47. The van der Waals surface area contributed by atoms with E-state index in [1.807, 2.05) is 6.92 Å². The number of thioether (sulfide) groups is 1. The first-order valence-electron chi connectivity index (χ1n) is 9.68. The van der Waals surface area contributed by atoms with Crippen LogP contribution in [0.25, 0.3) is 10.2 Å². The molecule has 0 unspecified atom stereocenters. The van der Waals surface area contributed by atoms with Crippen molar-refractivity contribution >= 4 is 39.2 Å². The molecule has 2 aliphatic rings. The summed E-state index contributed by atoms with van der Waals surface area (Å²) >= 11 is 3.31. The fourth-order valence-corrected chi connectivity index (χ4v) is 6.64. The molecule has 2 fully saturated rings. The number of piperidine rings is 1. The number of rotatable bonds is 3. The van der Waals surface area contributed by atoms with E-state index in [9.17, 15) is 4.79 Å². The summed E-state index contributed by atoms with van der Waals surface area (Å²) < 4.78 is 0. The van der Waals surface area contributed by atoms with Crippen molar-refractivity contribution < 1.29 is 4.79 Å². The second-order valence-electron chi connectivity index (χ2n) is 7.76. The zero-order valence-corrected chi connectivity index (χ0v) is 17.5. The predicted molar refractivity (Wildman–Crippen MR) is 109 cm³/mol. The zero-order chi connectivity index (χ0) is 18.3. The zero-order valence-electron chi connectivity index (χ0n) is 15.9. The van der Waals surface area contributed by atoms with Crippen molar-refractivity contribution in [2.75, 3.05) is 18.8 Å². The molecule has 1 saturated carbocycles. The minimum Gasteiger partial charge on any atom is -0.342 e. The maximum atomic E-state index is 12.8. The summed E-state index contributed by atoms with van der Waals surface area (Å²) in [5.74, 6) is 3.14. The highest BCUT2D eigenvalue weighted by Crippen LogP contribution is 2.37. The number of hydrogen-bond acceptors (Lipinski definition) is 5. The number of carbonyl (C=O) groups is 1. The molecule has 2 aromatic rings. The average Bonchev–Trinajstić information content (AvgIpc) is 2.92. The quantitative estimate of drug-likeness (QED) is 0.561. The first-order valence-corrected chi connectivity index (χ1v) is 11.5. The van der Waals surface area contributed by atoms with Gasteiger partial charge >= 0.3 is 0 Å². The number of carbonyl (C=O) groups excluding carboxylic acids is 1. The Bertz CT molecular complexity index is 832. The SMILES string of the molecule is Cc1nc(SCC(=O)N2CC[C@H]3CCCC[C@@H]3C2)c2c(C)c(C)sc2n1. The molecule has 0 aromatic carbocycles. The number of nitrogens with zero attached hydrogens (tertiary/aromatic N) is 3. The molecule has 1 saturated heterocycles. The van der Waals surface area contributed by atoms with E-state index in [2.05, 4.69) is 28.7 Å². The Morgan fingerprint density at radius 2 is 1.92 bits per heavy atom. The maximum Gasteiger partial charge on any atom is 0.232 e. The molecular weight excluding hydrogens is 362 g/mol. The first-order chi connectivity index (χ1) is 12.5. The van der Waals surface area contributed by atoms with Crippen LogP contribution in [0.1, 0.15) is 48.4 Å². The smallest absolute Gasteiger partial charge is 0.232 e. The fraction of sp³-hybridized carbons (Fsp3) is 0.650. The molecule has 26 heavy (non-hydrogen) atoms. The van der Waals surface area contributed by atoms with Crippen LogP contribution in [0.2, 0.25) is 0 Å². The van der Waals surface area contributed by atoms with E-state index < -0.39 is 0 Å². The first kappa shape index (κ1) is 18.2. The largest absolute Gasteiger partial charge is 0.342 e. The molecule has 1 amide bonds. The van der Waals surface area contributed by atoms with Gasteiger partial charge in [-0.15, -0.1) is 11.3 Å². The van der Waals surface area contributed by atoms with E-state index >= 15 is 0 Å². The highest BCUT2D eigenvalue weighted by molar-refractivity contribution is 8.00. The van der Waals surface area contributed by atoms with Gasteiger partial charge < -0.3 is 4.90 Å². The van der Waals surface area contributed by atoms with Crippen molar-refractivity contribution in [1.82, 2.24) is 14.9 Å². The summed E-state index contributed by atoms with van der Waals surface area (Å²) in [5, 5.41) is 2.11. The normalized spacial score (nSPS) is 23.3. The molecule has 0 N–H and O–H groups in total. The van der Waals surface area contributed by atoms with E-state index in [0.29, 0.717) is 5.75 Å².